The van der Waals surface area contributed by atoms with Gasteiger partial charge in [-0.3, -0.25) is 14.5 Å². The van der Waals surface area contributed by atoms with Gasteiger partial charge in [-0.1, -0.05) is 106 Å². The Morgan fingerprint density at radius 1 is 0.944 bits per heavy atom. The van der Waals surface area contributed by atoms with Gasteiger partial charge in [0, 0.05) is 25.2 Å². The Morgan fingerprint density at radius 3 is 2.41 bits per heavy atom. The van der Waals surface area contributed by atoms with Crippen LogP contribution in [0.25, 0.3) is 0 Å². The second-order valence-electron chi connectivity index (χ2n) is 15.6. The Bertz CT molecular complexity index is 1970. The fraction of sp³-hybridized carbons (Fsp3) is 0.422. The fourth-order valence-electron chi connectivity index (χ4n) is 8.56. The summed E-state index contributed by atoms with van der Waals surface area (Å²) in [5, 5.41) is 0.976. The highest BCUT2D eigenvalue weighted by Crippen LogP contribution is 2.44. The van der Waals surface area contributed by atoms with Gasteiger partial charge in [0.15, 0.2) is 0 Å². The van der Waals surface area contributed by atoms with E-state index >= 15 is 0 Å². The molecule has 4 aromatic carbocycles. The topological polar surface area (TPSA) is 68.3 Å². The van der Waals surface area contributed by atoms with Gasteiger partial charge in [0.05, 0.1) is 15.7 Å². The van der Waals surface area contributed by atoms with Gasteiger partial charge in [0.25, 0.3) is 5.91 Å². The Labute approximate surface area is 329 Å². The third kappa shape index (κ3) is 8.00. The number of carbonyl (C=O) groups is 2. The minimum atomic E-state index is -0.813. The van der Waals surface area contributed by atoms with Gasteiger partial charge < -0.3 is 19.1 Å². The van der Waals surface area contributed by atoms with Crippen LogP contribution in [0, 0.1) is 17.8 Å². The van der Waals surface area contributed by atoms with Gasteiger partial charge in [-0.05, 0) is 102 Å². The van der Waals surface area contributed by atoms with Crippen LogP contribution in [0.3, 0.4) is 0 Å². The summed E-state index contributed by atoms with van der Waals surface area (Å²) in [5.74, 6) is 2.32. The molecule has 1 aliphatic carbocycles. The van der Waals surface area contributed by atoms with Crippen molar-refractivity contribution in [3.05, 3.63) is 123 Å². The van der Waals surface area contributed by atoms with Crippen LogP contribution in [-0.4, -0.2) is 36.0 Å². The lowest BCUT2D eigenvalue weighted by atomic mass is 9.75. The molecule has 1 unspecified atom stereocenters. The molecule has 6 atom stereocenters. The largest absolute Gasteiger partial charge is 0.489 e. The molecule has 7 nitrogen and oxygen atoms in total. The SMILES string of the molecule is CC[C@@H](c1ccccc1)N1Cc2cc3c(cc2C[C@H]1C(=O)OC1C[C@H](C)CC[C@H]1C(C)C)N(C)C(=O)[C@H](c1ccc(OCc2ccc(Cl)c(Cl)c2)cc1)O3. The number of fused-ring (bicyclic) bond motifs is 2. The highest BCUT2D eigenvalue weighted by Gasteiger charge is 2.42. The van der Waals surface area contributed by atoms with E-state index in [1.54, 1.807) is 24.1 Å². The number of nitrogens with zero attached hydrogens (tertiary/aromatic N) is 2. The molecule has 4 aromatic rings. The Hall–Kier alpha value is -4.04. The third-order valence-corrected chi connectivity index (χ3v) is 12.4. The molecule has 1 amide bonds. The van der Waals surface area contributed by atoms with Crippen molar-refractivity contribution in [3.63, 3.8) is 0 Å². The first-order valence-electron chi connectivity index (χ1n) is 19.3. The van der Waals surface area contributed by atoms with Crippen molar-refractivity contribution in [2.75, 3.05) is 11.9 Å². The van der Waals surface area contributed by atoms with Gasteiger partial charge in [-0.25, -0.2) is 0 Å². The number of amides is 1. The van der Waals surface area contributed by atoms with E-state index in [4.69, 9.17) is 37.4 Å². The van der Waals surface area contributed by atoms with E-state index in [0.717, 1.165) is 41.5 Å². The zero-order valence-corrected chi connectivity index (χ0v) is 33.3. The molecule has 7 rings (SSSR count). The number of hydrogen-bond donors (Lipinski definition) is 0. The van der Waals surface area contributed by atoms with E-state index < -0.39 is 12.1 Å². The number of carbonyl (C=O) groups excluding carboxylic acids is 2. The smallest absolute Gasteiger partial charge is 0.324 e. The van der Waals surface area contributed by atoms with Gasteiger partial charge in [0.1, 0.15) is 30.3 Å². The molecule has 1 saturated carbocycles. The molecule has 2 aliphatic heterocycles. The molecule has 0 saturated heterocycles. The number of rotatable bonds is 10. The Morgan fingerprint density at radius 2 is 1.70 bits per heavy atom. The summed E-state index contributed by atoms with van der Waals surface area (Å²) >= 11 is 12.2. The molecule has 0 bridgehead atoms. The zero-order chi connectivity index (χ0) is 38.1. The summed E-state index contributed by atoms with van der Waals surface area (Å²) in [6.07, 6.45) is 3.60. The number of likely N-dealkylation sites (N-methyl/N-ethyl adjacent to an activating group) is 1. The van der Waals surface area contributed by atoms with Crippen LogP contribution in [0.5, 0.6) is 11.5 Å². The van der Waals surface area contributed by atoms with Gasteiger partial charge in [-0.15, -0.1) is 0 Å². The predicted octanol–water partition coefficient (Wildman–Crippen LogP) is 10.6. The molecule has 54 heavy (non-hydrogen) atoms. The van der Waals surface area contributed by atoms with Crippen molar-refractivity contribution in [1.29, 1.82) is 0 Å². The quantitative estimate of drug-likeness (QED) is 0.150. The number of esters is 1. The average molecular weight is 770 g/mol. The lowest BCUT2D eigenvalue weighted by molar-refractivity contribution is -0.164. The first-order valence-corrected chi connectivity index (χ1v) is 20.0. The van der Waals surface area contributed by atoms with Crippen molar-refractivity contribution >= 4 is 40.8 Å². The van der Waals surface area contributed by atoms with E-state index in [-0.39, 0.29) is 24.0 Å². The lowest BCUT2D eigenvalue weighted by Gasteiger charge is -2.43. The van der Waals surface area contributed by atoms with Crippen LogP contribution in [-0.2, 0) is 33.9 Å². The standard InChI is InChI=1S/C45H50Cl2N2O5/c1-6-38(30-10-8-7-9-11-30)49-25-33-24-42-39(22-32(33)23-40(49)45(51)54-41-20-28(4)12-18-35(41)27(2)3)48(5)44(50)43(53-42)31-14-16-34(17-15-31)52-26-29-13-19-36(46)37(47)21-29/h7-11,13-17,19,21-22,24,27-28,35,38,40-41,43H,6,12,18,20,23,25-26H2,1-5H3/t28-,35+,38+,40+,41?,43+/m1/s1. The third-order valence-electron chi connectivity index (χ3n) is 11.7. The second-order valence-corrected chi connectivity index (χ2v) is 16.4. The molecule has 0 aromatic heterocycles. The van der Waals surface area contributed by atoms with E-state index in [2.05, 4.69) is 62.9 Å². The fourth-order valence-corrected chi connectivity index (χ4v) is 8.88. The minimum Gasteiger partial charge on any atom is -0.489 e. The molecule has 1 fully saturated rings. The molecule has 0 N–H and O–H groups in total. The summed E-state index contributed by atoms with van der Waals surface area (Å²) in [4.78, 5) is 32.2. The molecule has 2 heterocycles. The number of halogens is 2. The summed E-state index contributed by atoms with van der Waals surface area (Å²) in [7, 11) is 1.79. The first-order chi connectivity index (χ1) is 26.0. The summed E-state index contributed by atoms with van der Waals surface area (Å²) in [6.45, 7) is 9.81. The highest BCUT2D eigenvalue weighted by molar-refractivity contribution is 6.42. The molecule has 0 radical (unpaired) electrons. The number of hydrogen-bond acceptors (Lipinski definition) is 6. The van der Waals surface area contributed by atoms with Crippen molar-refractivity contribution in [2.24, 2.45) is 17.8 Å². The molecular formula is C45H50Cl2N2O5. The second kappa shape index (κ2) is 16.4. The maximum atomic E-state index is 14.4. The molecule has 284 valence electrons. The Balaban J connectivity index is 1.14. The van der Waals surface area contributed by atoms with E-state index in [1.807, 2.05) is 42.5 Å². The number of benzene rings is 4. The minimum absolute atomic E-state index is 0.0226. The maximum absolute atomic E-state index is 14.4. The molecule has 9 heteroatoms. The summed E-state index contributed by atoms with van der Waals surface area (Å²) in [6, 6.07) is 26.9. The van der Waals surface area contributed by atoms with Crippen molar-refractivity contribution in [3.8, 4) is 11.5 Å². The summed E-state index contributed by atoms with van der Waals surface area (Å²) in [5.41, 5.74) is 5.64. The van der Waals surface area contributed by atoms with Gasteiger partial charge >= 0.3 is 5.97 Å². The van der Waals surface area contributed by atoms with Crippen molar-refractivity contribution in [1.82, 2.24) is 4.90 Å². The monoisotopic (exact) mass is 768 g/mol. The normalized spacial score (nSPS) is 23.3. The molecular weight excluding hydrogens is 719 g/mol. The lowest BCUT2D eigenvalue weighted by Crippen LogP contribution is -2.50. The van der Waals surface area contributed by atoms with Gasteiger partial charge in [-0.2, -0.15) is 0 Å². The van der Waals surface area contributed by atoms with Crippen LogP contribution in [0.2, 0.25) is 10.0 Å². The summed E-state index contributed by atoms with van der Waals surface area (Å²) < 4.78 is 19.0. The van der Waals surface area contributed by atoms with Gasteiger partial charge in [0.2, 0.25) is 6.10 Å². The molecule has 3 aliphatic rings. The predicted molar refractivity (Wildman–Crippen MR) is 214 cm³/mol. The van der Waals surface area contributed by atoms with E-state index in [1.165, 1.54) is 12.0 Å². The van der Waals surface area contributed by atoms with Crippen LogP contribution in [0.1, 0.15) is 93.3 Å². The van der Waals surface area contributed by atoms with E-state index in [9.17, 15) is 9.59 Å². The zero-order valence-electron chi connectivity index (χ0n) is 31.8. The van der Waals surface area contributed by atoms with Crippen LogP contribution >= 0.6 is 23.2 Å². The van der Waals surface area contributed by atoms with Crippen LogP contribution in [0.15, 0.2) is 84.9 Å². The Kier molecular flexibility index (Phi) is 11.6. The van der Waals surface area contributed by atoms with Crippen LogP contribution in [0.4, 0.5) is 5.69 Å². The highest BCUT2D eigenvalue weighted by atomic mass is 35.5. The average Bonchev–Trinajstić information content (AvgIpc) is 3.16. The molecule has 0 spiro atoms. The maximum Gasteiger partial charge on any atom is 0.324 e. The van der Waals surface area contributed by atoms with Crippen LogP contribution < -0.4 is 14.4 Å². The number of anilines is 1. The van der Waals surface area contributed by atoms with Crippen molar-refractivity contribution < 1.29 is 23.8 Å². The first kappa shape index (κ1) is 38.2. The van der Waals surface area contributed by atoms with Crippen molar-refractivity contribution in [2.45, 2.75) is 97.2 Å². The van der Waals surface area contributed by atoms with E-state index in [0.29, 0.717) is 64.6 Å². The number of ether oxygens (including phenoxy) is 3.